The summed E-state index contributed by atoms with van der Waals surface area (Å²) in [6.07, 6.45) is 6.65. The van der Waals surface area contributed by atoms with E-state index in [1.54, 1.807) is 0 Å². The van der Waals surface area contributed by atoms with Crippen LogP contribution in [-0.4, -0.2) is 54.3 Å². The smallest absolute Gasteiger partial charge is 0.230 e. The Hall–Kier alpha value is -1.56. The summed E-state index contributed by atoms with van der Waals surface area (Å²) >= 11 is 6.34. The van der Waals surface area contributed by atoms with Gasteiger partial charge in [-0.1, -0.05) is 26.8 Å². The molecule has 5 nitrogen and oxygen atoms in total. The van der Waals surface area contributed by atoms with Crippen molar-refractivity contribution < 1.29 is 9.18 Å². The SMILES string of the molecule is CCCNC(=O)C1CN=CCC1=NC1N=C(C2CC(Cl)CCC2F)CC=C1C(C)C. The summed E-state index contributed by atoms with van der Waals surface area (Å²) < 4.78 is 14.7. The van der Waals surface area contributed by atoms with Gasteiger partial charge in [-0.3, -0.25) is 19.8 Å². The first kappa shape index (κ1) is 23.1. The number of allylic oxidation sites excluding steroid dienone is 1. The van der Waals surface area contributed by atoms with Crippen LogP contribution in [0.15, 0.2) is 26.6 Å². The normalized spacial score (nSPS) is 33.4. The Morgan fingerprint density at radius 3 is 2.90 bits per heavy atom. The third kappa shape index (κ3) is 5.57. The van der Waals surface area contributed by atoms with Gasteiger partial charge in [-0.05, 0) is 37.2 Å². The number of dihydropyridines is 1. The minimum atomic E-state index is -0.893. The lowest BCUT2D eigenvalue weighted by molar-refractivity contribution is -0.122. The second-order valence-electron chi connectivity index (χ2n) is 8.81. The van der Waals surface area contributed by atoms with Gasteiger partial charge in [-0.15, -0.1) is 11.6 Å². The van der Waals surface area contributed by atoms with Crippen molar-refractivity contribution in [2.24, 2.45) is 32.7 Å². The standard InChI is InChI=1S/C23H34ClFN4O/c1-4-10-27-23(30)18-13-26-11-9-21(18)29-22-16(14(2)3)6-8-20(28-22)17-12-15(24)5-7-19(17)25/h6,11,14-15,17-19,22H,4-5,7-10,12-13H2,1-3H3,(H,27,30). The van der Waals surface area contributed by atoms with Gasteiger partial charge in [0.15, 0.2) is 6.17 Å². The van der Waals surface area contributed by atoms with E-state index in [4.69, 9.17) is 21.6 Å². The number of carbonyl (C=O) groups is 1. The Morgan fingerprint density at radius 1 is 1.37 bits per heavy atom. The van der Waals surface area contributed by atoms with Crippen LogP contribution in [0, 0.1) is 17.8 Å². The molecule has 1 amide bonds. The Labute approximate surface area is 184 Å². The van der Waals surface area contributed by atoms with E-state index in [-0.39, 0.29) is 35.2 Å². The molecular formula is C23H34ClFN4O. The van der Waals surface area contributed by atoms with E-state index in [0.717, 1.165) is 29.8 Å². The van der Waals surface area contributed by atoms with Gasteiger partial charge in [0.05, 0.1) is 12.5 Å². The Kier molecular flexibility index (Phi) is 8.20. The molecule has 0 aromatic rings. The Bertz CT molecular complexity index is 745. The molecule has 30 heavy (non-hydrogen) atoms. The summed E-state index contributed by atoms with van der Waals surface area (Å²) in [6, 6.07) is 0. The lowest BCUT2D eigenvalue weighted by Gasteiger charge is -2.33. The summed E-state index contributed by atoms with van der Waals surface area (Å²) in [4.78, 5) is 26.8. The molecule has 2 aliphatic heterocycles. The Morgan fingerprint density at radius 2 is 2.17 bits per heavy atom. The topological polar surface area (TPSA) is 66.2 Å². The first-order valence-corrected chi connectivity index (χ1v) is 11.7. The first-order chi connectivity index (χ1) is 14.4. The fourth-order valence-electron chi connectivity index (χ4n) is 4.41. The van der Waals surface area contributed by atoms with Crippen LogP contribution in [0.4, 0.5) is 4.39 Å². The second kappa shape index (κ2) is 10.7. The third-order valence-corrected chi connectivity index (χ3v) is 6.60. The highest BCUT2D eigenvalue weighted by Crippen LogP contribution is 2.35. The number of nitrogens with zero attached hydrogens (tertiary/aromatic N) is 3. The number of alkyl halides is 2. The summed E-state index contributed by atoms with van der Waals surface area (Å²) in [5.74, 6) is -0.331. The minimum Gasteiger partial charge on any atom is -0.355 e. The average Bonchev–Trinajstić information content (AvgIpc) is 2.74. The van der Waals surface area contributed by atoms with E-state index in [0.29, 0.717) is 38.8 Å². The number of nitrogens with one attached hydrogen (secondary N) is 1. The van der Waals surface area contributed by atoms with Gasteiger partial charge < -0.3 is 5.32 Å². The van der Waals surface area contributed by atoms with Crippen LogP contribution >= 0.6 is 11.6 Å². The lowest BCUT2D eigenvalue weighted by atomic mass is 9.81. The molecule has 0 saturated heterocycles. The minimum absolute atomic E-state index is 0.00568. The van der Waals surface area contributed by atoms with Crippen molar-refractivity contribution in [2.45, 2.75) is 77.0 Å². The quantitative estimate of drug-likeness (QED) is 0.482. The summed E-state index contributed by atoms with van der Waals surface area (Å²) in [5, 5.41) is 2.97. The highest BCUT2D eigenvalue weighted by atomic mass is 35.5. The van der Waals surface area contributed by atoms with Crippen molar-refractivity contribution in [3.63, 3.8) is 0 Å². The molecule has 3 rings (SSSR count). The van der Waals surface area contributed by atoms with Crippen LogP contribution in [-0.2, 0) is 4.79 Å². The number of halogens is 2. The number of carbonyl (C=O) groups excluding carboxylic acids is 1. The fraction of sp³-hybridized carbons (Fsp3) is 0.739. The zero-order valence-corrected chi connectivity index (χ0v) is 19.0. The molecule has 0 aromatic carbocycles. The van der Waals surface area contributed by atoms with Crippen molar-refractivity contribution in [3.8, 4) is 0 Å². The lowest BCUT2D eigenvalue weighted by Crippen LogP contribution is -2.40. The molecule has 5 atom stereocenters. The molecule has 1 saturated carbocycles. The number of hydrogen-bond acceptors (Lipinski definition) is 4. The van der Waals surface area contributed by atoms with Gasteiger partial charge in [0.2, 0.25) is 5.91 Å². The number of hydrogen-bond donors (Lipinski definition) is 1. The van der Waals surface area contributed by atoms with Crippen molar-refractivity contribution in [1.82, 2.24) is 5.32 Å². The number of rotatable bonds is 6. The van der Waals surface area contributed by atoms with E-state index in [2.05, 4.69) is 30.2 Å². The largest absolute Gasteiger partial charge is 0.355 e. The van der Waals surface area contributed by atoms with Crippen LogP contribution < -0.4 is 5.32 Å². The molecule has 1 N–H and O–H groups in total. The van der Waals surface area contributed by atoms with Crippen LogP contribution in [0.25, 0.3) is 0 Å². The third-order valence-electron chi connectivity index (χ3n) is 6.20. The van der Waals surface area contributed by atoms with Gasteiger partial charge >= 0.3 is 0 Å². The second-order valence-corrected chi connectivity index (χ2v) is 9.42. The fourth-order valence-corrected chi connectivity index (χ4v) is 4.73. The predicted octanol–water partition coefficient (Wildman–Crippen LogP) is 4.54. The molecule has 2 heterocycles. The molecule has 0 aromatic heterocycles. The summed E-state index contributed by atoms with van der Waals surface area (Å²) in [7, 11) is 0. The highest BCUT2D eigenvalue weighted by molar-refractivity contribution is 6.20. The summed E-state index contributed by atoms with van der Waals surface area (Å²) in [6.45, 7) is 7.35. The zero-order valence-electron chi connectivity index (χ0n) is 18.3. The van der Waals surface area contributed by atoms with Gasteiger partial charge in [0.1, 0.15) is 6.17 Å². The Balaban J connectivity index is 1.87. The molecule has 166 valence electrons. The van der Waals surface area contributed by atoms with Crippen LogP contribution in [0.3, 0.4) is 0 Å². The zero-order chi connectivity index (χ0) is 21.7. The molecule has 1 fully saturated rings. The molecule has 1 aliphatic carbocycles. The van der Waals surface area contributed by atoms with Gasteiger partial charge in [-0.2, -0.15) is 0 Å². The van der Waals surface area contributed by atoms with E-state index < -0.39 is 6.17 Å². The van der Waals surface area contributed by atoms with Crippen LogP contribution in [0.1, 0.15) is 59.3 Å². The van der Waals surface area contributed by atoms with E-state index in [1.165, 1.54) is 0 Å². The maximum absolute atomic E-state index is 14.7. The highest BCUT2D eigenvalue weighted by Gasteiger charge is 2.35. The monoisotopic (exact) mass is 436 g/mol. The molecule has 5 unspecified atom stereocenters. The predicted molar refractivity (Wildman–Crippen MR) is 123 cm³/mol. The molecule has 3 aliphatic rings. The van der Waals surface area contributed by atoms with Crippen molar-refractivity contribution in [1.29, 1.82) is 0 Å². The first-order valence-electron chi connectivity index (χ1n) is 11.3. The molecule has 7 heteroatoms. The van der Waals surface area contributed by atoms with Crippen LogP contribution in [0.5, 0.6) is 0 Å². The van der Waals surface area contributed by atoms with Crippen molar-refractivity contribution in [3.05, 3.63) is 11.6 Å². The molecule has 0 spiro atoms. The van der Waals surface area contributed by atoms with Gasteiger partial charge in [0.25, 0.3) is 0 Å². The summed E-state index contributed by atoms with van der Waals surface area (Å²) in [5.41, 5.74) is 2.81. The van der Waals surface area contributed by atoms with Crippen molar-refractivity contribution >= 4 is 35.1 Å². The van der Waals surface area contributed by atoms with Gasteiger partial charge in [-0.25, -0.2) is 4.39 Å². The molecule has 0 bridgehead atoms. The molecule has 0 radical (unpaired) electrons. The van der Waals surface area contributed by atoms with Gasteiger partial charge in [0, 0.05) is 48.3 Å². The van der Waals surface area contributed by atoms with Crippen molar-refractivity contribution in [2.75, 3.05) is 13.1 Å². The average molecular weight is 437 g/mol. The van der Waals surface area contributed by atoms with E-state index in [1.807, 2.05) is 13.1 Å². The maximum Gasteiger partial charge on any atom is 0.230 e. The number of aliphatic imine (C=N–C) groups is 3. The number of amides is 1. The maximum atomic E-state index is 14.7. The van der Waals surface area contributed by atoms with E-state index >= 15 is 0 Å². The van der Waals surface area contributed by atoms with Crippen LogP contribution in [0.2, 0.25) is 0 Å². The van der Waals surface area contributed by atoms with E-state index in [9.17, 15) is 9.18 Å². The molecular weight excluding hydrogens is 403 g/mol.